The summed E-state index contributed by atoms with van der Waals surface area (Å²) in [7, 11) is -3.39. The first-order valence-corrected chi connectivity index (χ1v) is 9.72. The van der Waals surface area contributed by atoms with Crippen molar-refractivity contribution in [2.24, 2.45) is 0 Å². The Balaban J connectivity index is 2.08. The second kappa shape index (κ2) is 7.84. The molecule has 2 rings (SSSR count). The second-order valence-electron chi connectivity index (χ2n) is 5.67. The quantitative estimate of drug-likeness (QED) is 0.802. The summed E-state index contributed by atoms with van der Waals surface area (Å²) < 4.78 is 38.7. The second-order valence-corrected chi connectivity index (χ2v) is 7.82. The zero-order chi connectivity index (χ0) is 18.6. The Hall–Kier alpha value is -2.12. The van der Waals surface area contributed by atoms with Crippen LogP contribution >= 0.6 is 11.6 Å². The maximum atomic E-state index is 13.8. The average molecular weight is 385 g/mol. The maximum Gasteiger partial charge on any atom is 0.229 e. The van der Waals surface area contributed by atoms with Gasteiger partial charge in [-0.15, -0.1) is 0 Å². The molecule has 0 fully saturated rings. The first-order valence-electron chi connectivity index (χ1n) is 7.45. The van der Waals surface area contributed by atoms with Crippen molar-refractivity contribution >= 4 is 33.2 Å². The molecule has 134 valence electrons. The highest BCUT2D eigenvalue weighted by molar-refractivity contribution is 7.92. The van der Waals surface area contributed by atoms with Gasteiger partial charge in [0.25, 0.3) is 0 Å². The number of carbonyl (C=O) groups is 1. The highest BCUT2D eigenvalue weighted by atomic mass is 35.5. The van der Waals surface area contributed by atoms with E-state index in [0.29, 0.717) is 11.3 Å². The van der Waals surface area contributed by atoms with Gasteiger partial charge in [-0.3, -0.25) is 9.52 Å². The van der Waals surface area contributed by atoms with Gasteiger partial charge in [0, 0.05) is 16.3 Å². The molecule has 0 aromatic heterocycles. The molecule has 8 heteroatoms. The lowest BCUT2D eigenvalue weighted by molar-refractivity contribution is -0.121. The van der Waals surface area contributed by atoms with E-state index in [1.807, 2.05) is 0 Å². The molecule has 0 radical (unpaired) electrons. The van der Waals surface area contributed by atoms with Crippen LogP contribution in [0.1, 0.15) is 24.1 Å². The van der Waals surface area contributed by atoms with E-state index in [0.717, 1.165) is 6.26 Å². The van der Waals surface area contributed by atoms with Gasteiger partial charge in [0.05, 0.1) is 18.7 Å². The first kappa shape index (κ1) is 19.2. The fraction of sp³-hybridized carbons (Fsp3) is 0.235. The molecule has 2 aromatic carbocycles. The molecule has 1 unspecified atom stereocenters. The summed E-state index contributed by atoms with van der Waals surface area (Å²) in [5.41, 5.74) is 1.25. The van der Waals surface area contributed by atoms with Gasteiger partial charge in [-0.25, -0.2) is 12.8 Å². The van der Waals surface area contributed by atoms with E-state index in [2.05, 4.69) is 10.0 Å². The number of amides is 1. The summed E-state index contributed by atoms with van der Waals surface area (Å²) in [6, 6.07) is 10.5. The molecule has 25 heavy (non-hydrogen) atoms. The number of nitrogens with one attached hydrogen (secondary N) is 2. The first-order chi connectivity index (χ1) is 11.7. The predicted octanol–water partition coefficient (Wildman–Crippen LogP) is 3.27. The van der Waals surface area contributed by atoms with Crippen molar-refractivity contribution in [2.45, 2.75) is 19.4 Å². The summed E-state index contributed by atoms with van der Waals surface area (Å²) in [6.07, 6.45) is 0.875. The molecule has 1 amide bonds. The number of halogens is 2. The molecule has 0 aliphatic heterocycles. The van der Waals surface area contributed by atoms with Crippen molar-refractivity contribution < 1.29 is 17.6 Å². The maximum absolute atomic E-state index is 13.8. The van der Waals surface area contributed by atoms with E-state index in [1.54, 1.807) is 31.2 Å². The third-order valence-corrected chi connectivity index (χ3v) is 4.43. The largest absolute Gasteiger partial charge is 0.349 e. The Bertz CT molecular complexity index is 867. The lowest BCUT2D eigenvalue weighted by Gasteiger charge is -2.16. The van der Waals surface area contributed by atoms with Gasteiger partial charge in [0.2, 0.25) is 15.9 Å². The van der Waals surface area contributed by atoms with Crippen molar-refractivity contribution in [3.8, 4) is 0 Å². The molecular weight excluding hydrogens is 367 g/mol. The van der Waals surface area contributed by atoms with Crippen LogP contribution < -0.4 is 10.0 Å². The van der Waals surface area contributed by atoms with Crippen LogP contribution in [0.15, 0.2) is 42.5 Å². The van der Waals surface area contributed by atoms with Crippen LogP contribution in [0.4, 0.5) is 10.1 Å². The SMILES string of the molecule is CC(NC(=O)Cc1c(F)cccc1Cl)c1cccc(NS(C)(=O)=O)c1. The number of rotatable bonds is 6. The van der Waals surface area contributed by atoms with E-state index in [-0.39, 0.29) is 29.0 Å². The highest BCUT2D eigenvalue weighted by Gasteiger charge is 2.15. The average Bonchev–Trinajstić information content (AvgIpc) is 2.49. The summed E-state index contributed by atoms with van der Waals surface area (Å²) in [4.78, 5) is 12.2. The third kappa shape index (κ3) is 5.72. The fourth-order valence-corrected chi connectivity index (χ4v) is 3.11. The Morgan fingerprint density at radius 3 is 2.56 bits per heavy atom. The highest BCUT2D eigenvalue weighted by Crippen LogP contribution is 2.21. The Morgan fingerprint density at radius 2 is 1.92 bits per heavy atom. The number of hydrogen-bond donors (Lipinski definition) is 2. The Kier molecular flexibility index (Phi) is 6.02. The van der Waals surface area contributed by atoms with Gasteiger partial charge in [-0.1, -0.05) is 29.8 Å². The molecule has 5 nitrogen and oxygen atoms in total. The molecule has 0 spiro atoms. The Labute approximate surface area is 151 Å². The zero-order valence-corrected chi connectivity index (χ0v) is 15.3. The van der Waals surface area contributed by atoms with E-state index in [4.69, 9.17) is 11.6 Å². The predicted molar refractivity (Wildman–Crippen MR) is 96.6 cm³/mol. The smallest absolute Gasteiger partial charge is 0.229 e. The molecule has 0 bridgehead atoms. The standard InChI is InChI=1S/C17H18ClFN2O3S/c1-11(12-5-3-6-13(9-12)21-25(2,23)24)20-17(22)10-14-15(18)7-4-8-16(14)19/h3-9,11,21H,10H2,1-2H3,(H,20,22). The minimum atomic E-state index is -3.39. The van der Waals surface area contributed by atoms with E-state index >= 15 is 0 Å². The van der Waals surface area contributed by atoms with Crippen molar-refractivity contribution in [3.05, 3.63) is 64.4 Å². The van der Waals surface area contributed by atoms with Crippen LogP contribution in [0.5, 0.6) is 0 Å². The van der Waals surface area contributed by atoms with Crippen molar-refractivity contribution in [1.82, 2.24) is 5.32 Å². The van der Waals surface area contributed by atoms with Gasteiger partial charge in [-0.2, -0.15) is 0 Å². The molecule has 0 aliphatic carbocycles. The number of sulfonamides is 1. The lowest BCUT2D eigenvalue weighted by atomic mass is 10.1. The van der Waals surface area contributed by atoms with Gasteiger partial charge >= 0.3 is 0 Å². The van der Waals surface area contributed by atoms with Crippen molar-refractivity contribution in [2.75, 3.05) is 11.0 Å². The van der Waals surface area contributed by atoms with Gasteiger partial charge in [0.1, 0.15) is 5.82 Å². The number of carbonyl (C=O) groups excluding carboxylic acids is 1. The minimum absolute atomic E-state index is 0.140. The molecule has 0 saturated carbocycles. The Morgan fingerprint density at radius 1 is 1.24 bits per heavy atom. The minimum Gasteiger partial charge on any atom is -0.349 e. The van der Waals surface area contributed by atoms with Gasteiger partial charge in [-0.05, 0) is 36.8 Å². The monoisotopic (exact) mass is 384 g/mol. The topological polar surface area (TPSA) is 75.3 Å². The van der Waals surface area contributed by atoms with Crippen LogP contribution in [0.2, 0.25) is 5.02 Å². The zero-order valence-electron chi connectivity index (χ0n) is 13.7. The molecule has 1 atom stereocenters. The van der Waals surface area contributed by atoms with Crippen molar-refractivity contribution in [1.29, 1.82) is 0 Å². The van der Waals surface area contributed by atoms with Gasteiger partial charge in [0.15, 0.2) is 0 Å². The normalized spacial score (nSPS) is 12.5. The van der Waals surface area contributed by atoms with Crippen LogP contribution in [0.25, 0.3) is 0 Å². The summed E-state index contributed by atoms with van der Waals surface area (Å²) >= 11 is 5.92. The van der Waals surface area contributed by atoms with Crippen LogP contribution in [-0.4, -0.2) is 20.6 Å². The summed E-state index contributed by atoms with van der Waals surface area (Å²) in [5.74, 6) is -0.921. The molecule has 0 aliphatic rings. The number of anilines is 1. The molecule has 0 heterocycles. The van der Waals surface area contributed by atoms with Crippen LogP contribution in [0.3, 0.4) is 0 Å². The number of benzene rings is 2. The third-order valence-electron chi connectivity index (χ3n) is 3.47. The van der Waals surface area contributed by atoms with Crippen molar-refractivity contribution in [3.63, 3.8) is 0 Å². The molecule has 0 saturated heterocycles. The fourth-order valence-electron chi connectivity index (χ4n) is 2.32. The molecule has 2 aromatic rings. The van der Waals surface area contributed by atoms with E-state index in [1.165, 1.54) is 18.2 Å². The lowest BCUT2D eigenvalue weighted by Crippen LogP contribution is -2.28. The van der Waals surface area contributed by atoms with Gasteiger partial charge < -0.3 is 5.32 Å². The molecular formula is C17H18ClFN2O3S. The number of hydrogen-bond acceptors (Lipinski definition) is 3. The summed E-state index contributed by atoms with van der Waals surface area (Å²) in [5, 5.41) is 2.94. The van der Waals surface area contributed by atoms with Crippen LogP contribution in [-0.2, 0) is 21.2 Å². The van der Waals surface area contributed by atoms with E-state index < -0.39 is 15.8 Å². The summed E-state index contributed by atoms with van der Waals surface area (Å²) in [6.45, 7) is 1.75. The van der Waals surface area contributed by atoms with E-state index in [9.17, 15) is 17.6 Å². The van der Waals surface area contributed by atoms with Crippen LogP contribution in [0, 0.1) is 5.82 Å². The molecule has 2 N–H and O–H groups in total.